The lowest BCUT2D eigenvalue weighted by molar-refractivity contribution is -0.0449. The first kappa shape index (κ1) is 15.0. The molecule has 0 aliphatic carbocycles. The first-order chi connectivity index (χ1) is 10.2. The minimum atomic E-state index is -0.108. The molecule has 3 rings (SSSR count). The molecule has 2 aliphatic rings. The van der Waals surface area contributed by atoms with Crippen LogP contribution in [-0.2, 0) is 9.47 Å². The van der Waals surface area contributed by atoms with E-state index in [1.807, 2.05) is 22.4 Å². The van der Waals surface area contributed by atoms with Gasteiger partial charge in [0.2, 0.25) is 0 Å². The molecule has 5 heteroatoms. The molecule has 2 saturated heterocycles. The van der Waals surface area contributed by atoms with Crippen LogP contribution in [0.5, 0.6) is 0 Å². The van der Waals surface area contributed by atoms with Crippen molar-refractivity contribution in [3.05, 3.63) is 22.4 Å². The van der Waals surface area contributed by atoms with E-state index >= 15 is 0 Å². The van der Waals surface area contributed by atoms with Crippen LogP contribution in [0, 0.1) is 5.92 Å². The molecule has 1 aromatic rings. The van der Waals surface area contributed by atoms with Crippen LogP contribution in [0.15, 0.2) is 17.5 Å². The monoisotopic (exact) mass is 309 g/mol. The Morgan fingerprint density at radius 2 is 2.52 bits per heavy atom. The Morgan fingerprint density at radius 1 is 1.62 bits per heavy atom. The first-order valence-corrected chi connectivity index (χ1v) is 8.56. The second kappa shape index (κ2) is 6.46. The van der Waals surface area contributed by atoms with E-state index in [1.165, 1.54) is 11.3 Å². The second-order valence-corrected chi connectivity index (χ2v) is 7.10. The van der Waals surface area contributed by atoms with Crippen molar-refractivity contribution in [2.24, 2.45) is 5.92 Å². The van der Waals surface area contributed by atoms with E-state index < -0.39 is 0 Å². The number of hydrogen-bond acceptors (Lipinski definition) is 4. The Labute approximate surface area is 130 Å². The number of likely N-dealkylation sites (tertiary alicyclic amines) is 1. The van der Waals surface area contributed by atoms with Gasteiger partial charge in [-0.05, 0) is 43.0 Å². The van der Waals surface area contributed by atoms with Crippen molar-refractivity contribution in [2.75, 3.05) is 33.4 Å². The largest absolute Gasteiger partial charge is 0.385 e. The van der Waals surface area contributed by atoms with Crippen LogP contribution >= 0.6 is 11.3 Å². The number of piperidine rings is 1. The zero-order valence-electron chi connectivity index (χ0n) is 12.5. The van der Waals surface area contributed by atoms with Gasteiger partial charge >= 0.3 is 0 Å². The highest BCUT2D eigenvalue weighted by molar-refractivity contribution is 7.12. The Kier molecular flexibility index (Phi) is 4.62. The Bertz CT molecular complexity index is 476. The molecule has 0 saturated carbocycles. The summed E-state index contributed by atoms with van der Waals surface area (Å²) in [4.78, 5) is 15.3. The topological polar surface area (TPSA) is 38.8 Å². The molecule has 2 atom stereocenters. The Balaban J connectivity index is 1.62. The lowest BCUT2D eigenvalue weighted by Crippen LogP contribution is -2.50. The summed E-state index contributed by atoms with van der Waals surface area (Å²) in [5.41, 5.74) is -0.108. The van der Waals surface area contributed by atoms with Gasteiger partial charge in [0.15, 0.2) is 0 Å². The molecule has 0 unspecified atom stereocenters. The predicted molar refractivity (Wildman–Crippen MR) is 82.7 cm³/mol. The molecule has 0 radical (unpaired) electrons. The third-order valence-corrected chi connectivity index (χ3v) is 5.43. The van der Waals surface area contributed by atoms with Gasteiger partial charge in [-0.1, -0.05) is 6.07 Å². The number of carbonyl (C=O) groups is 1. The highest BCUT2D eigenvalue weighted by Gasteiger charge is 2.44. The average Bonchev–Trinajstić information content (AvgIpc) is 3.15. The Hall–Kier alpha value is -0.910. The molecule has 4 nitrogen and oxygen atoms in total. The molecule has 0 aromatic carbocycles. The van der Waals surface area contributed by atoms with Crippen molar-refractivity contribution in [3.63, 3.8) is 0 Å². The van der Waals surface area contributed by atoms with E-state index in [9.17, 15) is 4.79 Å². The number of nitrogens with zero attached hydrogens (tertiary/aromatic N) is 1. The lowest BCUT2D eigenvalue weighted by Gasteiger charge is -2.39. The summed E-state index contributed by atoms with van der Waals surface area (Å²) in [6, 6.07) is 3.84. The zero-order chi connectivity index (χ0) is 14.7. The van der Waals surface area contributed by atoms with Gasteiger partial charge in [-0.25, -0.2) is 0 Å². The smallest absolute Gasteiger partial charge is 0.264 e. The highest BCUT2D eigenvalue weighted by atomic mass is 32.1. The minimum Gasteiger partial charge on any atom is -0.385 e. The highest BCUT2D eigenvalue weighted by Crippen LogP contribution is 2.39. The number of carbonyl (C=O) groups excluding carboxylic acids is 1. The van der Waals surface area contributed by atoms with Gasteiger partial charge in [-0.15, -0.1) is 11.3 Å². The fourth-order valence-corrected chi connectivity index (χ4v) is 4.21. The van der Waals surface area contributed by atoms with Crippen molar-refractivity contribution in [3.8, 4) is 0 Å². The molecule has 116 valence electrons. The van der Waals surface area contributed by atoms with Gasteiger partial charge in [0.05, 0.1) is 23.6 Å². The summed E-state index contributed by atoms with van der Waals surface area (Å²) >= 11 is 1.52. The SMILES string of the molecule is COCC[C@@H]1CO[C@@]2(CCCN(C(=O)c3cccs3)C2)C1. The van der Waals surface area contributed by atoms with Crippen LogP contribution in [0.1, 0.15) is 35.4 Å². The zero-order valence-corrected chi connectivity index (χ0v) is 13.4. The van der Waals surface area contributed by atoms with Crippen LogP contribution in [0.25, 0.3) is 0 Å². The number of hydrogen-bond donors (Lipinski definition) is 0. The summed E-state index contributed by atoms with van der Waals surface area (Å²) in [6.07, 6.45) is 4.22. The molecule has 1 aromatic heterocycles. The van der Waals surface area contributed by atoms with Crippen molar-refractivity contribution in [2.45, 2.75) is 31.3 Å². The van der Waals surface area contributed by atoms with Crippen LogP contribution in [0.2, 0.25) is 0 Å². The van der Waals surface area contributed by atoms with Gasteiger partial charge < -0.3 is 14.4 Å². The molecule has 3 heterocycles. The third-order valence-electron chi connectivity index (χ3n) is 4.57. The molecule has 0 bridgehead atoms. The maximum atomic E-state index is 12.5. The van der Waals surface area contributed by atoms with Gasteiger partial charge in [0.25, 0.3) is 5.91 Å². The van der Waals surface area contributed by atoms with E-state index in [1.54, 1.807) is 7.11 Å². The predicted octanol–water partition coefficient (Wildman–Crippen LogP) is 2.80. The second-order valence-electron chi connectivity index (χ2n) is 6.15. The van der Waals surface area contributed by atoms with Crippen molar-refractivity contribution in [1.82, 2.24) is 4.90 Å². The van der Waals surface area contributed by atoms with Gasteiger partial charge in [0, 0.05) is 20.3 Å². The van der Waals surface area contributed by atoms with Gasteiger partial charge in [0.1, 0.15) is 0 Å². The van der Waals surface area contributed by atoms with Crippen LogP contribution in [-0.4, -0.2) is 49.8 Å². The number of rotatable bonds is 4. The van der Waals surface area contributed by atoms with Crippen molar-refractivity contribution < 1.29 is 14.3 Å². The molecule has 0 N–H and O–H groups in total. The Morgan fingerprint density at radius 3 is 3.29 bits per heavy atom. The van der Waals surface area contributed by atoms with Crippen molar-refractivity contribution >= 4 is 17.2 Å². The van der Waals surface area contributed by atoms with Crippen LogP contribution in [0.4, 0.5) is 0 Å². The van der Waals surface area contributed by atoms with E-state index in [0.29, 0.717) is 5.92 Å². The molecule has 2 fully saturated rings. The fraction of sp³-hybridized carbons (Fsp3) is 0.688. The van der Waals surface area contributed by atoms with E-state index in [2.05, 4.69) is 0 Å². The maximum Gasteiger partial charge on any atom is 0.264 e. The van der Waals surface area contributed by atoms with Crippen molar-refractivity contribution in [1.29, 1.82) is 0 Å². The first-order valence-electron chi connectivity index (χ1n) is 7.68. The number of methoxy groups -OCH3 is 1. The molecular formula is C16H23NO3S. The summed E-state index contributed by atoms with van der Waals surface area (Å²) in [6.45, 7) is 3.20. The lowest BCUT2D eigenvalue weighted by atomic mass is 9.85. The minimum absolute atomic E-state index is 0.108. The third kappa shape index (κ3) is 3.30. The fourth-order valence-electron chi connectivity index (χ4n) is 3.52. The summed E-state index contributed by atoms with van der Waals surface area (Å²) < 4.78 is 11.3. The molecule has 2 aliphatic heterocycles. The maximum absolute atomic E-state index is 12.5. The molecular weight excluding hydrogens is 286 g/mol. The normalized spacial score (nSPS) is 29.2. The quantitative estimate of drug-likeness (QED) is 0.858. The number of amides is 1. The summed E-state index contributed by atoms with van der Waals surface area (Å²) in [5, 5.41) is 1.96. The molecule has 1 spiro atoms. The number of thiophene rings is 1. The van der Waals surface area contributed by atoms with Gasteiger partial charge in [-0.2, -0.15) is 0 Å². The van der Waals surface area contributed by atoms with Crippen LogP contribution in [0.3, 0.4) is 0 Å². The van der Waals surface area contributed by atoms with Gasteiger partial charge in [-0.3, -0.25) is 4.79 Å². The van der Waals surface area contributed by atoms with Crippen LogP contribution < -0.4 is 0 Å². The molecule has 1 amide bonds. The summed E-state index contributed by atoms with van der Waals surface area (Å²) in [5.74, 6) is 0.731. The average molecular weight is 309 g/mol. The van der Waals surface area contributed by atoms with E-state index in [-0.39, 0.29) is 11.5 Å². The number of ether oxygens (including phenoxy) is 2. The standard InChI is InChI=1S/C16H23NO3S/c1-19-8-5-13-10-16(20-11-13)6-3-7-17(12-16)15(18)14-4-2-9-21-14/h2,4,9,13H,3,5-8,10-12H2,1H3/t13-,16-/m0/s1. The van der Waals surface area contributed by atoms with E-state index in [0.717, 1.165) is 56.9 Å². The summed E-state index contributed by atoms with van der Waals surface area (Å²) in [7, 11) is 1.74. The molecule has 21 heavy (non-hydrogen) atoms. The van der Waals surface area contributed by atoms with E-state index in [4.69, 9.17) is 9.47 Å².